The molecule has 0 aromatic carbocycles. The fourth-order valence-electron chi connectivity index (χ4n) is 16.4. The van der Waals surface area contributed by atoms with E-state index in [1.807, 2.05) is 117 Å². The molecule has 1 unspecified atom stereocenters. The van der Waals surface area contributed by atoms with E-state index in [4.69, 9.17) is 67.2 Å². The van der Waals surface area contributed by atoms with E-state index in [0.717, 1.165) is 185 Å². The van der Waals surface area contributed by atoms with Crippen LogP contribution in [0.3, 0.4) is 0 Å². The zero-order valence-electron chi connectivity index (χ0n) is 74.2. The van der Waals surface area contributed by atoms with Gasteiger partial charge in [-0.15, -0.1) is 40.8 Å². The Hall–Kier alpha value is -15.5. The Morgan fingerprint density at radius 3 is 1.21 bits per heavy atom. The summed E-state index contributed by atoms with van der Waals surface area (Å²) in [5, 5.41) is 91.9. The molecular weight excluding hydrogens is 1810 g/mol. The smallest absolute Gasteiger partial charge is 0.229 e. The van der Waals surface area contributed by atoms with E-state index < -0.39 is 6.17 Å². The molecule has 4 saturated heterocycles. The second-order valence-electron chi connectivity index (χ2n) is 33.2. The Kier molecular flexibility index (Phi) is 27.9. The van der Waals surface area contributed by atoms with Gasteiger partial charge in [0, 0.05) is 161 Å². The highest BCUT2D eigenvalue weighted by molar-refractivity contribution is 6.34. The van der Waals surface area contributed by atoms with Crippen LogP contribution in [-0.2, 0) is 12.8 Å². The average molecular weight is 1910 g/mol. The van der Waals surface area contributed by atoms with Crippen LogP contribution in [0.1, 0.15) is 129 Å². The fourth-order valence-corrected chi connectivity index (χ4v) is 17.0. The normalized spacial score (nSPS) is 15.0. The number of pyridine rings is 4. The van der Waals surface area contributed by atoms with Gasteiger partial charge in [-0.25, -0.2) is 44.3 Å². The Morgan fingerprint density at radius 2 is 0.787 bits per heavy atom. The summed E-state index contributed by atoms with van der Waals surface area (Å²) in [7, 11) is 0. The zero-order valence-corrected chi connectivity index (χ0v) is 77.3. The number of aryl methyl sites for hydroxylation is 5. The van der Waals surface area contributed by atoms with Crippen molar-refractivity contribution in [2.75, 3.05) is 114 Å². The van der Waals surface area contributed by atoms with Gasteiger partial charge in [-0.3, -0.25) is 0 Å². The van der Waals surface area contributed by atoms with E-state index in [2.05, 4.69) is 186 Å². The Balaban J connectivity index is 0.000000121. The minimum absolute atomic E-state index is 0.181. The maximum Gasteiger partial charge on any atom is 0.229 e. The quantitative estimate of drug-likeness (QED) is 0.0331. The molecule has 0 bridgehead atoms. The molecule has 8 N–H and O–H groups in total. The van der Waals surface area contributed by atoms with Gasteiger partial charge in [-0.2, -0.15) is 45.3 Å². The van der Waals surface area contributed by atoms with Crippen molar-refractivity contribution in [3.8, 4) is 18.2 Å². The molecule has 4 fully saturated rings. The molecule has 40 nitrogen and oxygen atoms in total. The van der Waals surface area contributed by atoms with Crippen LogP contribution < -0.4 is 62.1 Å². The van der Waals surface area contributed by atoms with Gasteiger partial charge in [0.25, 0.3) is 0 Å². The number of imidazole rings is 3. The molecular formula is C91H91Cl4FN40. The third-order valence-corrected chi connectivity index (χ3v) is 24.7. The minimum Gasteiger partial charge on any atom is -0.366 e. The second-order valence-corrected chi connectivity index (χ2v) is 34.8. The molecule has 45 heteroatoms. The molecule has 4 aliphatic heterocycles. The third-order valence-electron chi connectivity index (χ3n) is 23.6. The molecule has 1 atom stereocenters. The highest BCUT2D eigenvalue weighted by atomic mass is 35.5. The highest BCUT2D eigenvalue weighted by Crippen LogP contribution is 2.34. The van der Waals surface area contributed by atoms with Crippen molar-refractivity contribution in [3.63, 3.8) is 0 Å². The number of alkyl halides is 1. The molecule has 136 heavy (non-hydrogen) atoms. The third kappa shape index (κ3) is 22.4. The summed E-state index contributed by atoms with van der Waals surface area (Å²) in [6, 6.07) is 35.0. The summed E-state index contributed by atoms with van der Waals surface area (Å²) < 4.78 is 21.2. The van der Waals surface area contributed by atoms with Crippen LogP contribution in [-0.4, -0.2) is 200 Å². The van der Waals surface area contributed by atoms with Gasteiger partial charge in [0.2, 0.25) is 23.8 Å². The molecule has 20 heterocycles. The predicted octanol–water partition coefficient (Wildman–Crippen LogP) is 15.4. The van der Waals surface area contributed by atoms with E-state index in [9.17, 15) is 4.39 Å². The molecule has 1 aliphatic carbocycles. The topological polar surface area (TPSA) is 469 Å². The minimum atomic E-state index is -1.14. The van der Waals surface area contributed by atoms with Crippen LogP contribution >= 0.6 is 46.4 Å². The lowest BCUT2D eigenvalue weighted by Crippen LogP contribution is -2.39. The summed E-state index contributed by atoms with van der Waals surface area (Å²) >= 11 is 25.5. The summed E-state index contributed by atoms with van der Waals surface area (Å²) in [6.45, 7) is 14.0. The number of halogens is 5. The maximum atomic E-state index is 13.6. The zero-order chi connectivity index (χ0) is 93.7. The van der Waals surface area contributed by atoms with E-state index in [1.165, 1.54) is 36.7 Å². The van der Waals surface area contributed by atoms with Gasteiger partial charge >= 0.3 is 0 Å². The molecule has 21 rings (SSSR count). The number of piperidine rings is 4. The van der Waals surface area contributed by atoms with Crippen LogP contribution in [0.25, 0.3) is 22.6 Å². The first-order valence-electron chi connectivity index (χ1n) is 44.4. The number of nitrogens with one attached hydrogen (secondary N) is 8. The van der Waals surface area contributed by atoms with Crippen LogP contribution in [0.2, 0.25) is 20.1 Å². The summed E-state index contributed by atoms with van der Waals surface area (Å²) in [4.78, 5) is 62.5. The van der Waals surface area contributed by atoms with E-state index in [-0.39, 0.29) is 24.2 Å². The summed E-state index contributed by atoms with van der Waals surface area (Å²) in [6.07, 6.45) is 30.0. The number of fused-ring (bicyclic) bond motifs is 6. The first-order valence-corrected chi connectivity index (χ1v) is 45.9. The SMILES string of the molecule is CC(F)c1cn2ccc(Nc3ncc(Cl)c(NC4CCN(c5ccc(C#N)nn5)CC4)n3)cc2n1.Cc1ccc(N2CCC(Nc3nc(Nc4cnn5c(C)nnc5c4)ncc3Cl)CC2)nc1.Cc1cn2ccc(Nc3ncc(Cl)c(NC4CCN(c5ccc(C#N)nn5)CC4)n3)cc2n1.N#Cc1ccc(N2CCC(Nc3nc(Nc4ccn5c6c(nc5c4)CCCC6)ncc3Cl)CC2)nn1. The van der Waals surface area contributed by atoms with Gasteiger partial charge in [-0.05, 0) is 171 Å². The van der Waals surface area contributed by atoms with Crippen LogP contribution in [0, 0.1) is 54.8 Å². The van der Waals surface area contributed by atoms with Crippen LogP contribution in [0.5, 0.6) is 0 Å². The molecule has 690 valence electrons. The highest BCUT2D eigenvalue weighted by Gasteiger charge is 2.29. The van der Waals surface area contributed by atoms with E-state index >= 15 is 0 Å². The maximum absolute atomic E-state index is 13.6. The Labute approximate surface area is 799 Å². The van der Waals surface area contributed by atoms with E-state index in [0.29, 0.717) is 101 Å². The number of anilines is 16. The molecule has 0 radical (unpaired) electrons. The standard InChI is InChI=1S/C25H25ClN10.C23H22ClFN10.C22H21ClN10.C21H23ClN10/c26-19-15-28-25(30-17-9-12-36-21-4-2-1-3-20(21)31-23(36)13-17)32-24(19)29-16-7-10-35(11-8-16)22-6-5-18(14-27)33-34-22;1-14(25)19-13-35-9-6-16(10-21(35)30-19)29-23-27-12-18(24)22(31-23)28-15-4-7-34(8-5-15)20-3-2-17(11-26)32-33-20;1-14-13-33-9-6-16(10-20(33)26-14)28-22-25-12-18(23)21(29-22)27-15-4-7-32(8-5-15)19-3-2-17(11-24)30-31-19;1-13-3-4-18(23-10-13)31-7-5-15(6-8-31)26-20-17(22)12-24-21(28-20)27-16-9-19-30-29-14(2)32(19)25-11-16/h5-6,9,12-13,15-16H,1-4,7-8,10-11H2,(H2,28,29,30,32);2-3,6,9-10,12-15H,4-5,7-8H2,1H3,(H2,27,28,29,31);2-3,6,9-10,12-13,15H,4-5,7-8H2,1H3,(H2,25,27,28,29);3-4,9-12,15H,5-8H2,1-2H3,(H2,24,26,27,28). The number of aromatic nitrogens is 25. The van der Waals surface area contributed by atoms with Crippen molar-refractivity contribution < 1.29 is 4.39 Å². The van der Waals surface area contributed by atoms with Gasteiger partial charge in [0.1, 0.15) is 67.2 Å². The predicted molar refractivity (Wildman–Crippen MR) is 518 cm³/mol. The van der Waals surface area contributed by atoms with Crippen molar-refractivity contribution in [2.45, 2.75) is 135 Å². The van der Waals surface area contributed by atoms with Crippen molar-refractivity contribution in [1.82, 2.24) is 123 Å². The largest absolute Gasteiger partial charge is 0.366 e. The van der Waals surface area contributed by atoms with Crippen LogP contribution in [0.15, 0.2) is 159 Å². The second kappa shape index (κ2) is 41.7. The van der Waals surface area contributed by atoms with Crippen molar-refractivity contribution in [3.05, 3.63) is 230 Å². The number of hydrogen-bond donors (Lipinski definition) is 8. The Bertz CT molecular complexity index is 7030. The molecule has 0 saturated carbocycles. The molecule has 0 amide bonds. The van der Waals surface area contributed by atoms with Crippen molar-refractivity contribution >= 4 is 162 Å². The van der Waals surface area contributed by atoms with Crippen LogP contribution in [0.4, 0.5) is 97.5 Å². The number of rotatable bonds is 21. The lowest BCUT2D eigenvalue weighted by molar-refractivity contribution is 0.367. The van der Waals surface area contributed by atoms with Gasteiger partial charge in [0.15, 0.2) is 69.3 Å². The first kappa shape index (κ1) is 91.0. The monoisotopic (exact) mass is 1900 g/mol. The molecule has 0 spiro atoms. The lowest BCUT2D eigenvalue weighted by Gasteiger charge is -2.33. The number of nitriles is 3. The molecule has 16 aromatic heterocycles. The fraction of sp³-hybridized carbons (Fsp3) is 0.319. The molecule has 16 aromatic rings. The average Bonchev–Trinajstić information content (AvgIpc) is 1.63. The summed E-state index contributed by atoms with van der Waals surface area (Å²) in [5.74, 6) is 8.21. The van der Waals surface area contributed by atoms with E-state index in [1.54, 1.807) is 76.6 Å². The number of hydrogen-bond acceptors (Lipinski definition) is 36. The van der Waals surface area contributed by atoms with Gasteiger partial charge < -0.3 is 75.3 Å². The van der Waals surface area contributed by atoms with Gasteiger partial charge in [0.05, 0.1) is 53.8 Å². The summed E-state index contributed by atoms with van der Waals surface area (Å²) in [5.41, 5.74) is 12.2. The van der Waals surface area contributed by atoms with Gasteiger partial charge in [-0.1, -0.05) is 52.5 Å². The Morgan fingerprint density at radius 1 is 0.390 bits per heavy atom. The first-order chi connectivity index (χ1) is 66.3. The molecule has 5 aliphatic rings. The van der Waals surface area contributed by atoms with Crippen molar-refractivity contribution in [2.24, 2.45) is 0 Å². The number of nitrogens with zero attached hydrogens (tertiary/aromatic N) is 32. The van der Waals surface area contributed by atoms with Crippen molar-refractivity contribution in [1.29, 1.82) is 15.8 Å². The lowest BCUT2D eigenvalue weighted by atomic mass is 10.0.